The SMILES string of the molecule is Cc1cc(F)cc(C)c1-c1ccccc1CNC(C)C. The Labute approximate surface area is 120 Å². The Hall–Kier alpha value is -1.67. The molecule has 0 aliphatic rings. The van der Waals surface area contributed by atoms with Crippen molar-refractivity contribution in [3.63, 3.8) is 0 Å². The number of benzene rings is 2. The van der Waals surface area contributed by atoms with Crippen LogP contribution in [0.1, 0.15) is 30.5 Å². The maximum absolute atomic E-state index is 13.5. The van der Waals surface area contributed by atoms with Crippen molar-refractivity contribution in [3.8, 4) is 11.1 Å². The van der Waals surface area contributed by atoms with Gasteiger partial charge in [0.1, 0.15) is 5.82 Å². The first-order valence-corrected chi connectivity index (χ1v) is 7.07. The maximum atomic E-state index is 13.5. The van der Waals surface area contributed by atoms with Crippen molar-refractivity contribution in [2.45, 2.75) is 40.3 Å². The van der Waals surface area contributed by atoms with E-state index in [1.54, 1.807) is 12.1 Å². The number of hydrogen-bond acceptors (Lipinski definition) is 1. The minimum absolute atomic E-state index is 0.165. The van der Waals surface area contributed by atoms with Gasteiger partial charge < -0.3 is 5.32 Å². The van der Waals surface area contributed by atoms with Crippen LogP contribution in [0, 0.1) is 19.7 Å². The Balaban J connectivity index is 2.48. The fourth-order valence-corrected chi connectivity index (χ4v) is 2.57. The van der Waals surface area contributed by atoms with Crippen LogP contribution in [-0.2, 0) is 6.54 Å². The molecule has 0 saturated heterocycles. The number of hydrogen-bond donors (Lipinski definition) is 1. The average Bonchev–Trinajstić information content (AvgIpc) is 2.36. The highest BCUT2D eigenvalue weighted by Gasteiger charge is 2.11. The predicted molar refractivity (Wildman–Crippen MR) is 83.3 cm³/mol. The smallest absolute Gasteiger partial charge is 0.123 e. The molecule has 0 unspecified atom stereocenters. The van der Waals surface area contributed by atoms with E-state index >= 15 is 0 Å². The number of nitrogens with one attached hydrogen (secondary N) is 1. The van der Waals surface area contributed by atoms with Gasteiger partial charge in [-0.25, -0.2) is 4.39 Å². The largest absolute Gasteiger partial charge is 0.310 e. The first-order valence-electron chi connectivity index (χ1n) is 7.07. The summed E-state index contributed by atoms with van der Waals surface area (Å²) in [6.45, 7) is 9.04. The lowest BCUT2D eigenvalue weighted by Gasteiger charge is -2.16. The summed E-state index contributed by atoms with van der Waals surface area (Å²) in [7, 11) is 0. The maximum Gasteiger partial charge on any atom is 0.123 e. The van der Waals surface area contributed by atoms with Crippen LogP contribution in [0.4, 0.5) is 4.39 Å². The van der Waals surface area contributed by atoms with Crippen molar-refractivity contribution in [3.05, 3.63) is 58.9 Å². The summed E-state index contributed by atoms with van der Waals surface area (Å²) in [5, 5.41) is 3.45. The Morgan fingerprint density at radius 1 is 1.05 bits per heavy atom. The molecule has 0 bridgehead atoms. The quantitative estimate of drug-likeness (QED) is 0.856. The monoisotopic (exact) mass is 271 g/mol. The fourth-order valence-electron chi connectivity index (χ4n) is 2.57. The minimum Gasteiger partial charge on any atom is -0.310 e. The van der Waals surface area contributed by atoms with Gasteiger partial charge in [0.15, 0.2) is 0 Å². The molecule has 0 aliphatic carbocycles. The number of halogens is 1. The molecule has 0 aliphatic heterocycles. The summed E-state index contributed by atoms with van der Waals surface area (Å²) in [5.41, 5.74) is 5.56. The van der Waals surface area contributed by atoms with E-state index in [1.165, 1.54) is 11.1 Å². The van der Waals surface area contributed by atoms with E-state index < -0.39 is 0 Å². The minimum atomic E-state index is -0.165. The number of aryl methyl sites for hydroxylation is 2. The molecule has 1 N–H and O–H groups in total. The van der Waals surface area contributed by atoms with Crippen LogP contribution in [0.2, 0.25) is 0 Å². The molecule has 1 nitrogen and oxygen atoms in total. The van der Waals surface area contributed by atoms with E-state index in [2.05, 4.69) is 37.4 Å². The zero-order valence-corrected chi connectivity index (χ0v) is 12.6. The molecule has 2 aromatic carbocycles. The van der Waals surface area contributed by atoms with Gasteiger partial charge in [-0.05, 0) is 53.8 Å². The molecule has 2 rings (SSSR count). The van der Waals surface area contributed by atoms with Crippen molar-refractivity contribution < 1.29 is 4.39 Å². The second-order valence-electron chi connectivity index (χ2n) is 5.61. The molecule has 2 heteroatoms. The molecule has 0 spiro atoms. The molecular weight excluding hydrogens is 249 g/mol. The summed E-state index contributed by atoms with van der Waals surface area (Å²) < 4.78 is 13.5. The average molecular weight is 271 g/mol. The van der Waals surface area contributed by atoms with Gasteiger partial charge in [-0.15, -0.1) is 0 Å². The summed E-state index contributed by atoms with van der Waals surface area (Å²) in [6, 6.07) is 12.0. The predicted octanol–water partition coefficient (Wildman–Crippen LogP) is 4.61. The van der Waals surface area contributed by atoms with Crippen molar-refractivity contribution in [1.29, 1.82) is 0 Å². The third kappa shape index (κ3) is 3.26. The molecule has 0 amide bonds. The van der Waals surface area contributed by atoms with Gasteiger partial charge >= 0.3 is 0 Å². The summed E-state index contributed by atoms with van der Waals surface area (Å²) in [4.78, 5) is 0. The first-order chi connectivity index (χ1) is 9.49. The Morgan fingerprint density at radius 2 is 1.65 bits per heavy atom. The van der Waals surface area contributed by atoms with Crippen LogP contribution < -0.4 is 5.32 Å². The fraction of sp³-hybridized carbons (Fsp3) is 0.333. The summed E-state index contributed by atoms with van der Waals surface area (Å²) in [5.74, 6) is -0.165. The summed E-state index contributed by atoms with van der Waals surface area (Å²) >= 11 is 0. The standard InChI is InChI=1S/C18H22FN/c1-12(2)20-11-15-7-5-6-8-17(15)18-13(3)9-16(19)10-14(18)4/h5-10,12,20H,11H2,1-4H3. The molecular formula is C18H22FN. The van der Waals surface area contributed by atoms with Crippen molar-refractivity contribution >= 4 is 0 Å². The van der Waals surface area contributed by atoms with Gasteiger partial charge in [-0.1, -0.05) is 38.1 Å². The second kappa shape index (κ2) is 6.19. The molecule has 0 fully saturated rings. The molecule has 0 aromatic heterocycles. The van der Waals surface area contributed by atoms with Gasteiger partial charge in [0.2, 0.25) is 0 Å². The topological polar surface area (TPSA) is 12.0 Å². The third-order valence-electron chi connectivity index (χ3n) is 3.48. The van der Waals surface area contributed by atoms with E-state index in [0.29, 0.717) is 6.04 Å². The molecule has 2 aromatic rings. The van der Waals surface area contributed by atoms with Crippen LogP contribution >= 0.6 is 0 Å². The molecule has 0 atom stereocenters. The lowest BCUT2D eigenvalue weighted by Crippen LogP contribution is -2.22. The van der Waals surface area contributed by atoms with E-state index in [9.17, 15) is 4.39 Å². The van der Waals surface area contributed by atoms with Crippen molar-refractivity contribution in [2.75, 3.05) is 0 Å². The second-order valence-corrected chi connectivity index (χ2v) is 5.61. The highest BCUT2D eigenvalue weighted by atomic mass is 19.1. The van der Waals surface area contributed by atoms with Gasteiger partial charge in [-0.2, -0.15) is 0 Å². The van der Waals surface area contributed by atoms with Crippen molar-refractivity contribution in [2.24, 2.45) is 0 Å². The van der Waals surface area contributed by atoms with Crippen LogP contribution in [0.15, 0.2) is 36.4 Å². The van der Waals surface area contributed by atoms with E-state index in [1.807, 2.05) is 19.9 Å². The van der Waals surface area contributed by atoms with Crippen LogP contribution in [0.5, 0.6) is 0 Å². The van der Waals surface area contributed by atoms with Gasteiger partial charge in [0.25, 0.3) is 0 Å². The van der Waals surface area contributed by atoms with Gasteiger partial charge in [-0.3, -0.25) is 0 Å². The van der Waals surface area contributed by atoms with Crippen molar-refractivity contribution in [1.82, 2.24) is 5.32 Å². The van der Waals surface area contributed by atoms with Crippen LogP contribution in [0.25, 0.3) is 11.1 Å². The van der Waals surface area contributed by atoms with Gasteiger partial charge in [0.05, 0.1) is 0 Å². The highest BCUT2D eigenvalue weighted by Crippen LogP contribution is 2.30. The van der Waals surface area contributed by atoms with Crippen LogP contribution in [-0.4, -0.2) is 6.04 Å². The lowest BCUT2D eigenvalue weighted by atomic mass is 9.92. The Morgan fingerprint density at radius 3 is 2.25 bits per heavy atom. The van der Waals surface area contributed by atoms with Crippen LogP contribution in [0.3, 0.4) is 0 Å². The third-order valence-corrected chi connectivity index (χ3v) is 3.48. The molecule has 20 heavy (non-hydrogen) atoms. The molecule has 0 radical (unpaired) electrons. The number of rotatable bonds is 4. The summed E-state index contributed by atoms with van der Waals surface area (Å²) in [6.07, 6.45) is 0. The molecule has 0 heterocycles. The normalized spacial score (nSPS) is 11.1. The zero-order valence-electron chi connectivity index (χ0n) is 12.6. The Kier molecular flexibility index (Phi) is 4.56. The Bertz CT molecular complexity index is 579. The lowest BCUT2D eigenvalue weighted by molar-refractivity contribution is 0.589. The molecule has 0 saturated carbocycles. The van der Waals surface area contributed by atoms with E-state index in [-0.39, 0.29) is 5.82 Å². The first kappa shape index (κ1) is 14.7. The van der Waals surface area contributed by atoms with E-state index in [0.717, 1.165) is 23.2 Å². The zero-order chi connectivity index (χ0) is 14.7. The highest BCUT2D eigenvalue weighted by molar-refractivity contribution is 5.73. The van der Waals surface area contributed by atoms with E-state index in [4.69, 9.17) is 0 Å². The molecule has 106 valence electrons. The van der Waals surface area contributed by atoms with Gasteiger partial charge in [0, 0.05) is 12.6 Å².